The molecule has 0 heterocycles. The Morgan fingerprint density at radius 1 is 0.846 bits per heavy atom. The van der Waals surface area contributed by atoms with Crippen LogP contribution >= 0.6 is 0 Å². The number of hydrogen-bond donors (Lipinski definition) is 0. The highest BCUT2D eigenvalue weighted by Gasteiger charge is 2.07. The fourth-order valence-corrected chi connectivity index (χ4v) is 2.09. The van der Waals surface area contributed by atoms with Crippen molar-refractivity contribution in [3.63, 3.8) is 0 Å². The van der Waals surface area contributed by atoms with Gasteiger partial charge in [-0.2, -0.15) is 0 Å². The van der Waals surface area contributed by atoms with Gasteiger partial charge in [-0.3, -0.25) is 0 Å². The fourth-order valence-electron chi connectivity index (χ4n) is 2.09. The van der Waals surface area contributed by atoms with Gasteiger partial charge in [-0.05, 0) is 48.9 Å². The molecule has 0 fully saturated rings. The molecular weight excluding hydrogens is 332 g/mol. The van der Waals surface area contributed by atoms with E-state index in [2.05, 4.69) is 13.2 Å². The first-order chi connectivity index (χ1) is 12.4. The molecular formula is C21H22O5. The predicted molar refractivity (Wildman–Crippen MR) is 100 cm³/mol. The van der Waals surface area contributed by atoms with Crippen LogP contribution in [-0.2, 0) is 14.3 Å². The van der Waals surface area contributed by atoms with Crippen LogP contribution < -0.4 is 9.47 Å². The van der Waals surface area contributed by atoms with E-state index in [0.717, 1.165) is 16.5 Å². The molecule has 0 aliphatic heterocycles. The first-order valence-corrected chi connectivity index (χ1v) is 8.24. The summed E-state index contributed by atoms with van der Waals surface area (Å²) in [7, 11) is 0. The van der Waals surface area contributed by atoms with Crippen LogP contribution in [0.15, 0.2) is 60.7 Å². The van der Waals surface area contributed by atoms with Crippen molar-refractivity contribution in [3.8, 4) is 11.5 Å². The van der Waals surface area contributed by atoms with Crippen molar-refractivity contribution in [2.75, 3.05) is 13.2 Å². The highest BCUT2D eigenvalue weighted by Crippen LogP contribution is 2.25. The molecule has 0 spiro atoms. The Labute approximate surface area is 152 Å². The summed E-state index contributed by atoms with van der Waals surface area (Å²) in [5, 5.41) is 1.89. The largest absolute Gasteiger partial charge is 0.493 e. The van der Waals surface area contributed by atoms with E-state index >= 15 is 0 Å². The second kappa shape index (κ2) is 8.85. The summed E-state index contributed by atoms with van der Waals surface area (Å²) in [6, 6.07) is 11.0. The van der Waals surface area contributed by atoms with E-state index in [-0.39, 0.29) is 12.6 Å². The molecule has 2 rings (SSSR count). The third-order valence-electron chi connectivity index (χ3n) is 3.48. The molecule has 2 aromatic carbocycles. The lowest BCUT2D eigenvalue weighted by atomic mass is 10.1. The average Bonchev–Trinajstić information content (AvgIpc) is 2.61. The highest BCUT2D eigenvalue weighted by atomic mass is 16.5. The minimum Gasteiger partial charge on any atom is -0.493 e. The molecule has 0 unspecified atom stereocenters. The van der Waals surface area contributed by atoms with Gasteiger partial charge in [-0.1, -0.05) is 25.3 Å². The lowest BCUT2D eigenvalue weighted by Gasteiger charge is -2.09. The summed E-state index contributed by atoms with van der Waals surface area (Å²) in [4.78, 5) is 22.8. The molecule has 0 amide bonds. The SMILES string of the molecule is C=C(C)C(=O)OCCCOc1ccc2cc(OC(=O)C(=C)C)ccc2c1. The zero-order valence-electron chi connectivity index (χ0n) is 15.0. The standard InChI is InChI=1S/C21H22O5/c1-14(2)20(22)25-11-5-10-24-18-8-6-17-13-19(9-7-16(17)12-18)26-21(23)15(3)4/h6-9,12-13H,1,3,5,10-11H2,2,4H3. The Balaban J connectivity index is 1.90. The van der Waals surface area contributed by atoms with Gasteiger partial charge in [0, 0.05) is 17.6 Å². The van der Waals surface area contributed by atoms with Crippen molar-refractivity contribution in [2.24, 2.45) is 0 Å². The maximum Gasteiger partial charge on any atom is 0.338 e. The Morgan fingerprint density at radius 2 is 1.42 bits per heavy atom. The van der Waals surface area contributed by atoms with Crippen LogP contribution in [0.3, 0.4) is 0 Å². The first kappa shape index (κ1) is 19.2. The third-order valence-corrected chi connectivity index (χ3v) is 3.48. The van der Waals surface area contributed by atoms with Crippen LogP contribution in [0.5, 0.6) is 11.5 Å². The Bertz CT molecular complexity index is 851. The van der Waals surface area contributed by atoms with E-state index in [4.69, 9.17) is 14.2 Å². The van der Waals surface area contributed by atoms with Crippen LogP contribution in [0.25, 0.3) is 10.8 Å². The molecule has 136 valence electrons. The summed E-state index contributed by atoms with van der Waals surface area (Å²) in [5.41, 5.74) is 0.733. The van der Waals surface area contributed by atoms with Gasteiger partial charge in [-0.25, -0.2) is 9.59 Å². The summed E-state index contributed by atoms with van der Waals surface area (Å²) in [6.45, 7) is 11.0. The van der Waals surface area contributed by atoms with Gasteiger partial charge in [0.2, 0.25) is 0 Å². The van der Waals surface area contributed by atoms with E-state index in [9.17, 15) is 9.59 Å². The zero-order valence-corrected chi connectivity index (χ0v) is 15.0. The number of fused-ring (bicyclic) bond motifs is 1. The van der Waals surface area contributed by atoms with Crippen molar-refractivity contribution in [1.29, 1.82) is 0 Å². The minimum atomic E-state index is -0.448. The molecule has 0 bridgehead atoms. The van der Waals surface area contributed by atoms with Crippen molar-refractivity contribution < 1.29 is 23.8 Å². The number of carbonyl (C=O) groups excluding carboxylic acids is 2. The van der Waals surface area contributed by atoms with E-state index < -0.39 is 5.97 Å². The smallest absolute Gasteiger partial charge is 0.338 e. The molecule has 0 saturated carbocycles. The van der Waals surface area contributed by atoms with Gasteiger partial charge in [0.15, 0.2) is 0 Å². The van der Waals surface area contributed by atoms with Crippen molar-refractivity contribution >= 4 is 22.7 Å². The Hall–Kier alpha value is -3.08. The normalized spacial score (nSPS) is 10.2. The number of esters is 2. The van der Waals surface area contributed by atoms with Crippen LogP contribution in [0.4, 0.5) is 0 Å². The molecule has 5 nitrogen and oxygen atoms in total. The second-order valence-corrected chi connectivity index (χ2v) is 5.96. The lowest BCUT2D eigenvalue weighted by Crippen LogP contribution is -2.09. The highest BCUT2D eigenvalue weighted by molar-refractivity contribution is 5.90. The predicted octanol–water partition coefficient (Wildman–Crippen LogP) is 4.21. The first-order valence-electron chi connectivity index (χ1n) is 8.24. The van der Waals surface area contributed by atoms with E-state index in [0.29, 0.717) is 29.9 Å². The second-order valence-electron chi connectivity index (χ2n) is 5.96. The van der Waals surface area contributed by atoms with Crippen molar-refractivity contribution in [1.82, 2.24) is 0 Å². The van der Waals surface area contributed by atoms with Gasteiger partial charge >= 0.3 is 11.9 Å². The average molecular weight is 354 g/mol. The fraction of sp³-hybridized carbons (Fsp3) is 0.238. The van der Waals surface area contributed by atoms with E-state index in [1.807, 2.05) is 24.3 Å². The number of carbonyl (C=O) groups is 2. The van der Waals surface area contributed by atoms with Crippen LogP contribution in [0.1, 0.15) is 20.3 Å². The van der Waals surface area contributed by atoms with Gasteiger partial charge < -0.3 is 14.2 Å². The monoisotopic (exact) mass is 354 g/mol. The van der Waals surface area contributed by atoms with Crippen LogP contribution in [0, 0.1) is 0 Å². The molecule has 5 heteroatoms. The molecule has 0 aliphatic rings. The molecule has 0 saturated heterocycles. The molecule has 2 aromatic rings. The lowest BCUT2D eigenvalue weighted by molar-refractivity contribution is -0.139. The maximum atomic E-state index is 11.6. The van der Waals surface area contributed by atoms with Crippen LogP contribution in [-0.4, -0.2) is 25.2 Å². The van der Waals surface area contributed by atoms with Gasteiger partial charge in [0.25, 0.3) is 0 Å². The quantitative estimate of drug-likeness (QED) is 0.308. The van der Waals surface area contributed by atoms with E-state index in [1.54, 1.807) is 26.0 Å². The molecule has 0 atom stereocenters. The number of rotatable bonds is 8. The van der Waals surface area contributed by atoms with E-state index in [1.165, 1.54) is 0 Å². The Kier molecular flexibility index (Phi) is 6.55. The van der Waals surface area contributed by atoms with Crippen molar-refractivity contribution in [2.45, 2.75) is 20.3 Å². The molecule has 26 heavy (non-hydrogen) atoms. The third kappa shape index (κ3) is 5.48. The zero-order chi connectivity index (χ0) is 19.1. The molecule has 0 N–H and O–H groups in total. The summed E-state index contributed by atoms with van der Waals surface area (Å²) in [6.07, 6.45) is 0.590. The summed E-state index contributed by atoms with van der Waals surface area (Å²) in [5.74, 6) is 0.351. The maximum absolute atomic E-state index is 11.6. The number of ether oxygens (including phenoxy) is 3. The molecule has 0 aromatic heterocycles. The van der Waals surface area contributed by atoms with Gasteiger partial charge in [0.1, 0.15) is 11.5 Å². The number of benzene rings is 2. The summed E-state index contributed by atoms with van der Waals surface area (Å²) < 4.78 is 15.9. The van der Waals surface area contributed by atoms with Crippen LogP contribution in [0.2, 0.25) is 0 Å². The molecule has 0 aliphatic carbocycles. The van der Waals surface area contributed by atoms with Gasteiger partial charge in [0.05, 0.1) is 13.2 Å². The van der Waals surface area contributed by atoms with Crippen molar-refractivity contribution in [3.05, 3.63) is 60.7 Å². The van der Waals surface area contributed by atoms with Gasteiger partial charge in [-0.15, -0.1) is 0 Å². The topological polar surface area (TPSA) is 61.8 Å². The number of hydrogen-bond acceptors (Lipinski definition) is 5. The summed E-state index contributed by atoms with van der Waals surface area (Å²) >= 11 is 0. The Morgan fingerprint density at radius 3 is 2.04 bits per heavy atom. The minimum absolute atomic E-state index is 0.288. The molecule has 0 radical (unpaired) electrons.